The first-order chi connectivity index (χ1) is 8.72. The van der Waals surface area contributed by atoms with Gasteiger partial charge in [0.1, 0.15) is 0 Å². The molecule has 1 aromatic carbocycles. The molecule has 4 heteroatoms. The molecule has 1 heterocycles. The molecule has 0 atom stereocenters. The third kappa shape index (κ3) is 2.15. The Bertz CT molecular complexity index is 478. The Kier molecular flexibility index (Phi) is 2.86. The molecule has 1 aliphatic heterocycles. The van der Waals surface area contributed by atoms with Gasteiger partial charge in [0.05, 0.1) is 11.4 Å². The number of nitrogen functional groups attached to an aromatic ring is 1. The highest BCUT2D eigenvalue weighted by Crippen LogP contribution is 2.32. The summed E-state index contributed by atoms with van der Waals surface area (Å²) in [6.45, 7) is 0. The van der Waals surface area contributed by atoms with Gasteiger partial charge in [-0.2, -0.15) is 0 Å². The van der Waals surface area contributed by atoms with Crippen molar-refractivity contribution in [3.05, 3.63) is 17.7 Å². The molecule has 4 nitrogen and oxygen atoms in total. The predicted molar refractivity (Wildman–Crippen MR) is 73.7 cm³/mol. The van der Waals surface area contributed by atoms with E-state index in [-0.39, 0.29) is 5.91 Å². The number of fused-ring (bicyclic) bond motifs is 1. The Hall–Kier alpha value is -1.71. The van der Waals surface area contributed by atoms with Gasteiger partial charge in [0, 0.05) is 18.2 Å². The van der Waals surface area contributed by atoms with Crippen LogP contribution in [0.5, 0.6) is 0 Å². The zero-order chi connectivity index (χ0) is 12.5. The highest BCUT2D eigenvalue weighted by molar-refractivity contribution is 5.95. The van der Waals surface area contributed by atoms with Crippen molar-refractivity contribution in [2.45, 2.75) is 44.6 Å². The fraction of sp³-hybridized carbons (Fsp3) is 0.500. The molecule has 4 N–H and O–H groups in total. The van der Waals surface area contributed by atoms with E-state index in [0.717, 1.165) is 23.5 Å². The van der Waals surface area contributed by atoms with Gasteiger partial charge in [-0.25, -0.2) is 0 Å². The molecule has 18 heavy (non-hydrogen) atoms. The average Bonchev–Trinajstić information content (AvgIpc) is 2.83. The van der Waals surface area contributed by atoms with Crippen LogP contribution in [0.1, 0.15) is 37.7 Å². The standard InChI is InChI=1S/C14H19N3O/c15-11-8-12-9(5-6-14(18)17-12)7-13(11)16-10-3-1-2-4-10/h7-8,10,16H,1-6,15H2,(H,17,18). The molecule has 1 saturated carbocycles. The van der Waals surface area contributed by atoms with E-state index in [1.165, 1.54) is 31.2 Å². The number of hydrogen-bond acceptors (Lipinski definition) is 3. The first-order valence-electron chi connectivity index (χ1n) is 6.71. The minimum absolute atomic E-state index is 0.0819. The molecule has 1 aliphatic carbocycles. The zero-order valence-electron chi connectivity index (χ0n) is 10.5. The maximum absolute atomic E-state index is 11.3. The molecule has 0 aromatic heterocycles. The van der Waals surface area contributed by atoms with Gasteiger partial charge in [-0.15, -0.1) is 0 Å². The number of rotatable bonds is 2. The minimum Gasteiger partial charge on any atom is -0.397 e. The predicted octanol–water partition coefficient (Wildman–Crippen LogP) is 2.51. The summed E-state index contributed by atoms with van der Waals surface area (Å²) in [5.74, 6) is 0.0819. The second-order valence-corrected chi connectivity index (χ2v) is 5.27. The molecule has 1 fully saturated rings. The van der Waals surface area contributed by atoms with Gasteiger partial charge >= 0.3 is 0 Å². The lowest BCUT2D eigenvalue weighted by atomic mass is 10.0. The van der Waals surface area contributed by atoms with Crippen LogP contribution in [-0.4, -0.2) is 11.9 Å². The zero-order valence-corrected chi connectivity index (χ0v) is 10.5. The first-order valence-corrected chi connectivity index (χ1v) is 6.71. The van der Waals surface area contributed by atoms with Crippen molar-refractivity contribution >= 4 is 23.0 Å². The minimum atomic E-state index is 0.0819. The first kappa shape index (κ1) is 11.4. The van der Waals surface area contributed by atoms with Crippen molar-refractivity contribution in [3.8, 4) is 0 Å². The number of nitrogens with one attached hydrogen (secondary N) is 2. The SMILES string of the molecule is Nc1cc2c(cc1NC1CCCC1)CCC(=O)N2. The number of benzene rings is 1. The van der Waals surface area contributed by atoms with Crippen LogP contribution in [-0.2, 0) is 11.2 Å². The Balaban J connectivity index is 1.84. The molecule has 96 valence electrons. The Morgan fingerprint density at radius 3 is 2.78 bits per heavy atom. The van der Waals surface area contributed by atoms with Crippen molar-refractivity contribution in [1.29, 1.82) is 0 Å². The summed E-state index contributed by atoms with van der Waals surface area (Å²) in [7, 11) is 0. The van der Waals surface area contributed by atoms with Gasteiger partial charge in [-0.1, -0.05) is 12.8 Å². The lowest BCUT2D eigenvalue weighted by Crippen LogP contribution is -2.21. The quantitative estimate of drug-likeness (QED) is 0.701. The van der Waals surface area contributed by atoms with Crippen LogP contribution in [0.15, 0.2) is 12.1 Å². The number of anilines is 3. The summed E-state index contributed by atoms with van der Waals surface area (Å²) in [6.07, 6.45) is 6.44. The van der Waals surface area contributed by atoms with Gasteiger partial charge < -0.3 is 16.4 Å². The number of amides is 1. The summed E-state index contributed by atoms with van der Waals surface area (Å²) in [4.78, 5) is 11.3. The summed E-state index contributed by atoms with van der Waals surface area (Å²) >= 11 is 0. The van der Waals surface area contributed by atoms with E-state index in [9.17, 15) is 4.79 Å². The molecule has 3 rings (SSSR count). The van der Waals surface area contributed by atoms with Crippen LogP contribution in [0, 0.1) is 0 Å². The summed E-state index contributed by atoms with van der Waals surface area (Å²) < 4.78 is 0. The third-order valence-corrected chi connectivity index (χ3v) is 3.89. The normalized spacial score (nSPS) is 19.4. The van der Waals surface area contributed by atoms with Crippen molar-refractivity contribution in [1.82, 2.24) is 0 Å². The van der Waals surface area contributed by atoms with Gasteiger partial charge in [-0.05, 0) is 37.0 Å². The monoisotopic (exact) mass is 245 g/mol. The summed E-state index contributed by atoms with van der Waals surface area (Å²) in [5.41, 5.74) is 9.86. The van der Waals surface area contributed by atoms with E-state index in [1.807, 2.05) is 6.07 Å². The molecule has 1 amide bonds. The number of hydrogen-bond donors (Lipinski definition) is 3. The van der Waals surface area contributed by atoms with E-state index in [2.05, 4.69) is 16.7 Å². The highest BCUT2D eigenvalue weighted by Gasteiger charge is 2.19. The molecule has 0 spiro atoms. The van der Waals surface area contributed by atoms with E-state index in [1.54, 1.807) is 0 Å². The van der Waals surface area contributed by atoms with E-state index >= 15 is 0 Å². The second-order valence-electron chi connectivity index (χ2n) is 5.27. The Morgan fingerprint density at radius 1 is 1.22 bits per heavy atom. The van der Waals surface area contributed by atoms with Crippen molar-refractivity contribution < 1.29 is 4.79 Å². The average molecular weight is 245 g/mol. The van der Waals surface area contributed by atoms with E-state index in [4.69, 9.17) is 5.73 Å². The summed E-state index contributed by atoms with van der Waals surface area (Å²) in [6, 6.07) is 4.54. The van der Waals surface area contributed by atoms with Crippen molar-refractivity contribution in [3.63, 3.8) is 0 Å². The molecule has 2 aliphatic rings. The Morgan fingerprint density at radius 2 is 2.00 bits per heavy atom. The van der Waals surface area contributed by atoms with Crippen LogP contribution in [0.2, 0.25) is 0 Å². The number of aryl methyl sites for hydroxylation is 1. The van der Waals surface area contributed by atoms with E-state index in [0.29, 0.717) is 12.5 Å². The number of carbonyl (C=O) groups excluding carboxylic acids is 1. The molecule has 0 radical (unpaired) electrons. The van der Waals surface area contributed by atoms with Crippen LogP contribution >= 0.6 is 0 Å². The van der Waals surface area contributed by atoms with Gasteiger partial charge in [0.25, 0.3) is 0 Å². The molecule has 0 unspecified atom stereocenters. The Labute approximate surface area is 107 Å². The van der Waals surface area contributed by atoms with Gasteiger partial charge in [0.15, 0.2) is 0 Å². The fourth-order valence-corrected chi connectivity index (χ4v) is 2.86. The van der Waals surface area contributed by atoms with Crippen molar-refractivity contribution in [2.24, 2.45) is 0 Å². The largest absolute Gasteiger partial charge is 0.397 e. The van der Waals surface area contributed by atoms with E-state index < -0.39 is 0 Å². The fourth-order valence-electron chi connectivity index (χ4n) is 2.86. The van der Waals surface area contributed by atoms with Crippen molar-refractivity contribution in [2.75, 3.05) is 16.4 Å². The molecular weight excluding hydrogens is 226 g/mol. The van der Waals surface area contributed by atoms with Crippen LogP contribution < -0.4 is 16.4 Å². The second kappa shape index (κ2) is 4.52. The highest BCUT2D eigenvalue weighted by atomic mass is 16.1. The molecule has 0 bridgehead atoms. The van der Waals surface area contributed by atoms with Crippen LogP contribution in [0.4, 0.5) is 17.1 Å². The molecule has 0 saturated heterocycles. The smallest absolute Gasteiger partial charge is 0.224 e. The lowest BCUT2D eigenvalue weighted by Gasteiger charge is -2.21. The van der Waals surface area contributed by atoms with Crippen LogP contribution in [0.25, 0.3) is 0 Å². The number of carbonyl (C=O) groups is 1. The van der Waals surface area contributed by atoms with Gasteiger partial charge in [0.2, 0.25) is 5.91 Å². The van der Waals surface area contributed by atoms with Crippen LogP contribution in [0.3, 0.4) is 0 Å². The molecule has 1 aromatic rings. The third-order valence-electron chi connectivity index (χ3n) is 3.89. The maximum atomic E-state index is 11.3. The summed E-state index contributed by atoms with van der Waals surface area (Å²) in [5, 5.41) is 6.41. The number of nitrogens with two attached hydrogens (primary N) is 1. The van der Waals surface area contributed by atoms with Gasteiger partial charge in [-0.3, -0.25) is 4.79 Å². The molecular formula is C14H19N3O. The lowest BCUT2D eigenvalue weighted by molar-refractivity contribution is -0.116. The topological polar surface area (TPSA) is 67.1 Å². The maximum Gasteiger partial charge on any atom is 0.224 e.